The van der Waals surface area contributed by atoms with Crippen molar-refractivity contribution in [2.75, 3.05) is 16.8 Å². The molecule has 3 N–H and O–H groups in total. The summed E-state index contributed by atoms with van der Waals surface area (Å²) in [6, 6.07) is 9.57. The van der Waals surface area contributed by atoms with Gasteiger partial charge in [-0.2, -0.15) is 0 Å². The minimum absolute atomic E-state index is 0.0866. The van der Waals surface area contributed by atoms with E-state index in [1.807, 2.05) is 51.1 Å². The second-order valence-corrected chi connectivity index (χ2v) is 6.05. The minimum atomic E-state index is -0.0866. The standard InChI is InChI=1S/C16H19N3OS/c1-10-4-5-14(13(17)7-10)19-15(20)9-21-16-8-11(2)6-12(3)18-16/h4-8H,9,17H2,1-3H3,(H,19,20). The average molecular weight is 301 g/mol. The van der Waals surface area contributed by atoms with Crippen molar-refractivity contribution < 1.29 is 4.79 Å². The first-order valence-electron chi connectivity index (χ1n) is 6.68. The van der Waals surface area contributed by atoms with E-state index in [0.29, 0.717) is 17.1 Å². The number of aromatic nitrogens is 1. The number of carbonyl (C=O) groups is 1. The number of carbonyl (C=O) groups excluding carboxylic acids is 1. The number of pyridine rings is 1. The summed E-state index contributed by atoms with van der Waals surface area (Å²) in [6.45, 7) is 5.93. The number of nitrogen functional groups attached to an aromatic ring is 1. The highest BCUT2D eigenvalue weighted by Crippen LogP contribution is 2.21. The van der Waals surface area contributed by atoms with Crippen LogP contribution in [0.4, 0.5) is 11.4 Å². The van der Waals surface area contributed by atoms with Gasteiger partial charge in [-0.15, -0.1) is 0 Å². The van der Waals surface area contributed by atoms with Crippen LogP contribution in [0.1, 0.15) is 16.8 Å². The third kappa shape index (κ3) is 4.49. The molecule has 0 atom stereocenters. The summed E-state index contributed by atoms with van der Waals surface area (Å²) >= 11 is 1.42. The van der Waals surface area contributed by atoms with Crippen molar-refractivity contribution in [3.05, 3.63) is 47.2 Å². The SMILES string of the molecule is Cc1cc(C)nc(SCC(=O)Nc2ccc(C)cc2N)c1. The van der Waals surface area contributed by atoms with Gasteiger partial charge in [-0.1, -0.05) is 17.8 Å². The highest BCUT2D eigenvalue weighted by molar-refractivity contribution is 7.99. The maximum absolute atomic E-state index is 12.0. The van der Waals surface area contributed by atoms with Crippen LogP contribution >= 0.6 is 11.8 Å². The number of thioether (sulfide) groups is 1. The molecule has 2 aromatic rings. The van der Waals surface area contributed by atoms with Gasteiger partial charge in [0.15, 0.2) is 0 Å². The van der Waals surface area contributed by atoms with E-state index in [1.54, 1.807) is 0 Å². The van der Waals surface area contributed by atoms with Crippen LogP contribution in [-0.4, -0.2) is 16.6 Å². The van der Waals surface area contributed by atoms with Crippen LogP contribution in [0.15, 0.2) is 35.4 Å². The molecule has 4 nitrogen and oxygen atoms in total. The van der Waals surface area contributed by atoms with Gasteiger partial charge < -0.3 is 11.1 Å². The third-order valence-corrected chi connectivity index (χ3v) is 3.82. The molecule has 0 aliphatic carbocycles. The van der Waals surface area contributed by atoms with Crippen molar-refractivity contribution in [2.45, 2.75) is 25.8 Å². The average Bonchev–Trinajstić information content (AvgIpc) is 2.39. The number of nitrogens with one attached hydrogen (secondary N) is 1. The fourth-order valence-electron chi connectivity index (χ4n) is 2.00. The molecule has 0 bridgehead atoms. The van der Waals surface area contributed by atoms with Crippen LogP contribution in [0, 0.1) is 20.8 Å². The molecule has 0 fully saturated rings. The molecule has 1 heterocycles. The van der Waals surface area contributed by atoms with E-state index < -0.39 is 0 Å². The highest BCUT2D eigenvalue weighted by atomic mass is 32.2. The lowest BCUT2D eigenvalue weighted by Crippen LogP contribution is -2.15. The Bertz CT molecular complexity index is 650. The summed E-state index contributed by atoms with van der Waals surface area (Å²) in [5.74, 6) is 0.222. The minimum Gasteiger partial charge on any atom is -0.397 e. The van der Waals surface area contributed by atoms with E-state index in [1.165, 1.54) is 11.8 Å². The predicted octanol–water partition coefficient (Wildman–Crippen LogP) is 3.32. The first-order valence-corrected chi connectivity index (χ1v) is 7.66. The lowest BCUT2D eigenvalue weighted by molar-refractivity contribution is -0.113. The van der Waals surface area contributed by atoms with Gasteiger partial charge in [-0.05, 0) is 56.2 Å². The Labute approximate surface area is 129 Å². The number of hydrogen-bond donors (Lipinski definition) is 2. The number of aryl methyl sites for hydroxylation is 3. The van der Waals surface area contributed by atoms with Crippen molar-refractivity contribution in [1.29, 1.82) is 0 Å². The number of amides is 1. The summed E-state index contributed by atoms with van der Waals surface area (Å²) in [5.41, 5.74) is 10.3. The lowest BCUT2D eigenvalue weighted by Gasteiger charge is -2.09. The van der Waals surface area contributed by atoms with Gasteiger partial charge in [0.1, 0.15) is 0 Å². The molecule has 21 heavy (non-hydrogen) atoms. The number of benzene rings is 1. The Kier molecular flexibility index (Phi) is 4.85. The topological polar surface area (TPSA) is 68.0 Å². The molecule has 0 spiro atoms. The fraction of sp³-hybridized carbons (Fsp3) is 0.250. The number of nitrogens with two attached hydrogens (primary N) is 1. The maximum Gasteiger partial charge on any atom is 0.234 e. The van der Waals surface area contributed by atoms with E-state index in [-0.39, 0.29) is 5.91 Å². The third-order valence-electron chi connectivity index (χ3n) is 2.91. The largest absolute Gasteiger partial charge is 0.397 e. The second-order valence-electron chi connectivity index (χ2n) is 5.05. The highest BCUT2D eigenvalue weighted by Gasteiger charge is 2.07. The molecule has 110 valence electrons. The van der Waals surface area contributed by atoms with Gasteiger partial charge in [0.2, 0.25) is 5.91 Å². The smallest absolute Gasteiger partial charge is 0.234 e. The van der Waals surface area contributed by atoms with Gasteiger partial charge in [0.05, 0.1) is 22.2 Å². The Balaban J connectivity index is 1.95. The quantitative estimate of drug-likeness (QED) is 0.671. The summed E-state index contributed by atoms with van der Waals surface area (Å²) < 4.78 is 0. The molecular weight excluding hydrogens is 282 g/mol. The number of anilines is 2. The van der Waals surface area contributed by atoms with Crippen LogP contribution in [0.3, 0.4) is 0 Å². The Hall–Kier alpha value is -2.01. The Morgan fingerprint density at radius 1 is 1.19 bits per heavy atom. The zero-order valence-corrected chi connectivity index (χ0v) is 13.3. The molecule has 0 saturated carbocycles. The zero-order chi connectivity index (χ0) is 15.4. The van der Waals surface area contributed by atoms with Crippen molar-refractivity contribution in [1.82, 2.24) is 4.98 Å². The van der Waals surface area contributed by atoms with E-state index in [4.69, 9.17) is 5.73 Å². The monoisotopic (exact) mass is 301 g/mol. The first kappa shape index (κ1) is 15.4. The summed E-state index contributed by atoms with van der Waals surface area (Å²) in [5, 5.41) is 3.69. The van der Waals surface area contributed by atoms with Gasteiger partial charge in [0, 0.05) is 5.69 Å². The van der Waals surface area contributed by atoms with Crippen molar-refractivity contribution in [2.24, 2.45) is 0 Å². The van der Waals surface area contributed by atoms with Crippen LogP contribution < -0.4 is 11.1 Å². The molecule has 0 aliphatic rings. The molecule has 1 aromatic carbocycles. The first-order chi connectivity index (χ1) is 9.94. The van der Waals surface area contributed by atoms with E-state index in [0.717, 1.165) is 21.8 Å². The molecule has 2 rings (SSSR count). The van der Waals surface area contributed by atoms with Crippen LogP contribution in [0.5, 0.6) is 0 Å². The summed E-state index contributed by atoms with van der Waals surface area (Å²) in [7, 11) is 0. The van der Waals surface area contributed by atoms with Gasteiger partial charge in [-0.25, -0.2) is 4.98 Å². The second kappa shape index (κ2) is 6.63. The lowest BCUT2D eigenvalue weighted by atomic mass is 10.2. The molecule has 1 aromatic heterocycles. The van der Waals surface area contributed by atoms with Crippen molar-refractivity contribution >= 4 is 29.0 Å². The van der Waals surface area contributed by atoms with Crippen molar-refractivity contribution in [3.8, 4) is 0 Å². The molecule has 1 amide bonds. The molecule has 0 unspecified atom stereocenters. The van der Waals surface area contributed by atoms with E-state index in [2.05, 4.69) is 10.3 Å². The van der Waals surface area contributed by atoms with Crippen LogP contribution in [0.25, 0.3) is 0 Å². The van der Waals surface area contributed by atoms with Gasteiger partial charge in [-0.3, -0.25) is 4.79 Å². The number of hydrogen-bond acceptors (Lipinski definition) is 4. The molecule has 0 radical (unpaired) electrons. The van der Waals surface area contributed by atoms with E-state index in [9.17, 15) is 4.79 Å². The number of nitrogens with zero attached hydrogens (tertiary/aromatic N) is 1. The normalized spacial score (nSPS) is 10.4. The number of rotatable bonds is 4. The summed E-state index contributed by atoms with van der Waals surface area (Å²) in [4.78, 5) is 16.4. The molecule has 0 aliphatic heterocycles. The predicted molar refractivity (Wildman–Crippen MR) is 88.7 cm³/mol. The van der Waals surface area contributed by atoms with Gasteiger partial charge in [0.25, 0.3) is 0 Å². The van der Waals surface area contributed by atoms with Gasteiger partial charge >= 0.3 is 0 Å². The van der Waals surface area contributed by atoms with E-state index >= 15 is 0 Å². The zero-order valence-electron chi connectivity index (χ0n) is 12.4. The maximum atomic E-state index is 12.0. The molecular formula is C16H19N3OS. The molecule has 5 heteroatoms. The Morgan fingerprint density at radius 2 is 1.95 bits per heavy atom. The fourth-order valence-corrected chi connectivity index (χ4v) is 2.83. The Morgan fingerprint density at radius 3 is 2.62 bits per heavy atom. The van der Waals surface area contributed by atoms with Crippen LogP contribution in [-0.2, 0) is 4.79 Å². The summed E-state index contributed by atoms with van der Waals surface area (Å²) in [6.07, 6.45) is 0. The molecule has 0 saturated heterocycles. The van der Waals surface area contributed by atoms with Crippen LogP contribution in [0.2, 0.25) is 0 Å². The van der Waals surface area contributed by atoms with Crippen molar-refractivity contribution in [3.63, 3.8) is 0 Å².